The van der Waals surface area contributed by atoms with Crippen molar-refractivity contribution in [3.63, 3.8) is 0 Å². The third kappa shape index (κ3) is 1.18. The molecule has 74 valence electrons. The van der Waals surface area contributed by atoms with Gasteiger partial charge in [-0.1, -0.05) is 29.8 Å². The Morgan fingerprint density at radius 2 is 2.00 bits per heavy atom. The van der Waals surface area contributed by atoms with Crippen LogP contribution in [0.5, 0.6) is 0 Å². The first-order valence-corrected chi connectivity index (χ1v) is 4.90. The predicted molar refractivity (Wildman–Crippen MR) is 54.2 cm³/mol. The van der Waals surface area contributed by atoms with Crippen LogP contribution in [0.2, 0.25) is 0 Å². The van der Waals surface area contributed by atoms with E-state index in [1.807, 2.05) is 31.2 Å². The van der Waals surface area contributed by atoms with E-state index in [2.05, 4.69) is 0 Å². The van der Waals surface area contributed by atoms with Crippen molar-refractivity contribution in [2.75, 3.05) is 6.61 Å². The molecule has 1 saturated carbocycles. The molecule has 2 heteroatoms. The second-order valence-electron chi connectivity index (χ2n) is 4.03. The van der Waals surface area contributed by atoms with Crippen LogP contribution in [0.4, 0.5) is 0 Å². The van der Waals surface area contributed by atoms with E-state index in [9.17, 15) is 9.90 Å². The molecule has 0 bridgehead atoms. The molecule has 14 heavy (non-hydrogen) atoms. The van der Waals surface area contributed by atoms with Crippen molar-refractivity contribution < 1.29 is 9.90 Å². The Hall–Kier alpha value is -1.15. The van der Waals surface area contributed by atoms with E-state index in [1.54, 1.807) is 0 Å². The SMILES string of the molecule is Cc1ccc([C@@]2(CO)CCC2=O)cc1. The van der Waals surface area contributed by atoms with Crippen molar-refractivity contribution in [3.8, 4) is 0 Å². The van der Waals surface area contributed by atoms with Crippen LogP contribution in [0.15, 0.2) is 24.3 Å². The fourth-order valence-corrected chi connectivity index (χ4v) is 1.97. The normalized spacial score (nSPS) is 26.0. The van der Waals surface area contributed by atoms with Gasteiger partial charge in [-0.2, -0.15) is 0 Å². The van der Waals surface area contributed by atoms with Crippen LogP contribution in [0.1, 0.15) is 24.0 Å². The van der Waals surface area contributed by atoms with Crippen LogP contribution in [0.25, 0.3) is 0 Å². The fourth-order valence-electron chi connectivity index (χ4n) is 1.97. The number of aliphatic hydroxyl groups excluding tert-OH is 1. The molecule has 1 fully saturated rings. The van der Waals surface area contributed by atoms with E-state index in [0.29, 0.717) is 6.42 Å². The Morgan fingerprint density at radius 3 is 2.36 bits per heavy atom. The van der Waals surface area contributed by atoms with Crippen molar-refractivity contribution >= 4 is 5.78 Å². The highest BCUT2D eigenvalue weighted by Gasteiger charge is 2.46. The van der Waals surface area contributed by atoms with E-state index >= 15 is 0 Å². The summed E-state index contributed by atoms with van der Waals surface area (Å²) >= 11 is 0. The van der Waals surface area contributed by atoms with Crippen LogP contribution in [-0.2, 0) is 10.2 Å². The summed E-state index contributed by atoms with van der Waals surface area (Å²) < 4.78 is 0. The molecule has 0 heterocycles. The first-order valence-electron chi connectivity index (χ1n) is 4.90. The van der Waals surface area contributed by atoms with Crippen molar-refractivity contribution in [2.24, 2.45) is 0 Å². The lowest BCUT2D eigenvalue weighted by atomic mass is 9.64. The van der Waals surface area contributed by atoms with Gasteiger partial charge in [0.1, 0.15) is 5.78 Å². The summed E-state index contributed by atoms with van der Waals surface area (Å²) in [7, 11) is 0. The van der Waals surface area contributed by atoms with Crippen LogP contribution in [0, 0.1) is 6.92 Å². The number of rotatable bonds is 2. The van der Waals surface area contributed by atoms with Crippen molar-refractivity contribution in [1.82, 2.24) is 0 Å². The van der Waals surface area contributed by atoms with Gasteiger partial charge in [-0.15, -0.1) is 0 Å². The lowest BCUT2D eigenvalue weighted by molar-refractivity contribution is -0.134. The molecule has 1 aromatic rings. The minimum atomic E-state index is -0.576. The highest BCUT2D eigenvalue weighted by atomic mass is 16.3. The number of aryl methyl sites for hydroxylation is 1. The van der Waals surface area contributed by atoms with E-state index in [4.69, 9.17) is 0 Å². The summed E-state index contributed by atoms with van der Waals surface area (Å²) in [6.45, 7) is 1.95. The second kappa shape index (κ2) is 3.21. The number of aliphatic hydroxyl groups is 1. The van der Waals surface area contributed by atoms with Gasteiger partial charge < -0.3 is 5.11 Å². The summed E-state index contributed by atoms with van der Waals surface area (Å²) in [4.78, 5) is 11.5. The monoisotopic (exact) mass is 190 g/mol. The van der Waals surface area contributed by atoms with Gasteiger partial charge in [0.25, 0.3) is 0 Å². The molecule has 1 N–H and O–H groups in total. The molecule has 2 rings (SSSR count). The molecule has 1 atom stereocenters. The molecule has 1 aliphatic carbocycles. The summed E-state index contributed by atoms with van der Waals surface area (Å²) in [6.07, 6.45) is 1.39. The van der Waals surface area contributed by atoms with Gasteiger partial charge in [-0.3, -0.25) is 4.79 Å². The highest BCUT2D eigenvalue weighted by molar-refractivity contribution is 5.96. The van der Waals surface area contributed by atoms with Gasteiger partial charge in [0, 0.05) is 6.42 Å². The standard InChI is InChI=1S/C12H14O2/c1-9-2-4-10(5-3-9)12(8-13)7-6-11(12)14/h2-5,13H,6-8H2,1H3/t12-/m0/s1. The maximum absolute atomic E-state index is 11.5. The average molecular weight is 190 g/mol. The Kier molecular flexibility index (Phi) is 2.16. The smallest absolute Gasteiger partial charge is 0.145 e. The topological polar surface area (TPSA) is 37.3 Å². The fraction of sp³-hybridized carbons (Fsp3) is 0.417. The van der Waals surface area contributed by atoms with Crippen LogP contribution >= 0.6 is 0 Å². The van der Waals surface area contributed by atoms with Gasteiger partial charge in [0.15, 0.2) is 0 Å². The molecule has 0 saturated heterocycles. The van der Waals surface area contributed by atoms with E-state index < -0.39 is 5.41 Å². The molecular formula is C12H14O2. The molecule has 0 radical (unpaired) electrons. The first kappa shape index (κ1) is 9.41. The molecule has 0 unspecified atom stereocenters. The van der Waals surface area contributed by atoms with E-state index in [-0.39, 0.29) is 12.4 Å². The summed E-state index contributed by atoms with van der Waals surface area (Å²) in [5, 5.41) is 9.31. The van der Waals surface area contributed by atoms with Gasteiger partial charge in [0.05, 0.1) is 12.0 Å². The lowest BCUT2D eigenvalue weighted by Crippen LogP contribution is -2.48. The number of Topliss-reactive ketones (excluding diaryl/α,β-unsaturated/α-hetero) is 1. The molecule has 0 aliphatic heterocycles. The third-order valence-corrected chi connectivity index (χ3v) is 3.19. The van der Waals surface area contributed by atoms with Crippen LogP contribution in [-0.4, -0.2) is 17.5 Å². The number of hydrogen-bond acceptors (Lipinski definition) is 2. The number of hydrogen-bond donors (Lipinski definition) is 1. The maximum atomic E-state index is 11.5. The largest absolute Gasteiger partial charge is 0.395 e. The molecule has 0 spiro atoms. The Morgan fingerprint density at radius 1 is 1.36 bits per heavy atom. The zero-order valence-electron chi connectivity index (χ0n) is 8.29. The number of ketones is 1. The van der Waals surface area contributed by atoms with Gasteiger partial charge in [-0.25, -0.2) is 0 Å². The van der Waals surface area contributed by atoms with Gasteiger partial charge >= 0.3 is 0 Å². The lowest BCUT2D eigenvalue weighted by Gasteiger charge is -2.38. The maximum Gasteiger partial charge on any atom is 0.145 e. The van der Waals surface area contributed by atoms with Crippen LogP contribution < -0.4 is 0 Å². The van der Waals surface area contributed by atoms with E-state index in [1.165, 1.54) is 5.56 Å². The number of carbonyl (C=O) groups is 1. The summed E-state index contributed by atoms with van der Waals surface area (Å²) in [5.74, 6) is 0.170. The summed E-state index contributed by atoms with van der Waals surface area (Å²) in [5.41, 5.74) is 1.56. The Labute approximate surface area is 83.6 Å². The van der Waals surface area contributed by atoms with E-state index in [0.717, 1.165) is 12.0 Å². The zero-order valence-corrected chi connectivity index (χ0v) is 8.29. The quantitative estimate of drug-likeness (QED) is 0.769. The van der Waals surface area contributed by atoms with Crippen LogP contribution in [0.3, 0.4) is 0 Å². The average Bonchev–Trinajstić information content (AvgIpc) is 2.20. The Bertz CT molecular complexity index is 349. The number of carbonyl (C=O) groups excluding carboxylic acids is 1. The van der Waals surface area contributed by atoms with Crippen molar-refractivity contribution in [2.45, 2.75) is 25.2 Å². The second-order valence-corrected chi connectivity index (χ2v) is 4.03. The third-order valence-electron chi connectivity index (χ3n) is 3.19. The van der Waals surface area contributed by atoms with Gasteiger partial charge in [0.2, 0.25) is 0 Å². The van der Waals surface area contributed by atoms with Gasteiger partial charge in [-0.05, 0) is 18.9 Å². The molecule has 0 amide bonds. The zero-order chi connectivity index (χ0) is 10.2. The molecular weight excluding hydrogens is 176 g/mol. The number of benzene rings is 1. The molecule has 1 aliphatic rings. The predicted octanol–water partition coefficient (Wildman–Crippen LogP) is 1.59. The minimum absolute atomic E-state index is 0.0606. The van der Waals surface area contributed by atoms with Crippen molar-refractivity contribution in [3.05, 3.63) is 35.4 Å². The minimum Gasteiger partial charge on any atom is -0.395 e. The highest BCUT2D eigenvalue weighted by Crippen LogP contribution is 2.39. The molecule has 0 aromatic heterocycles. The Balaban J connectivity index is 2.37. The first-order chi connectivity index (χ1) is 6.69. The summed E-state index contributed by atoms with van der Waals surface area (Å²) in [6, 6.07) is 7.86. The molecule has 2 nitrogen and oxygen atoms in total. The molecule has 1 aromatic carbocycles. The van der Waals surface area contributed by atoms with Crippen molar-refractivity contribution in [1.29, 1.82) is 0 Å².